The number of hydrogen-bond acceptors (Lipinski definition) is 2. The Hall–Kier alpha value is -1.12. The summed E-state index contributed by atoms with van der Waals surface area (Å²) >= 11 is 1.85. The van der Waals surface area contributed by atoms with Crippen LogP contribution in [0, 0.1) is 13.8 Å². The van der Waals surface area contributed by atoms with Gasteiger partial charge in [-0.25, -0.2) is 0 Å². The topological polar surface area (TPSA) is 12.0 Å². The summed E-state index contributed by atoms with van der Waals surface area (Å²) in [5.41, 5.74) is 4.26. The Bertz CT molecular complexity index is 512. The molecular weight excluding hydrogens is 262 g/mol. The highest BCUT2D eigenvalue weighted by Gasteiger charge is 2.13. The molecule has 2 aromatic rings. The van der Waals surface area contributed by atoms with Crippen LogP contribution in [0.2, 0.25) is 0 Å². The Labute approximate surface area is 127 Å². The third-order valence-electron chi connectivity index (χ3n) is 3.76. The third kappa shape index (κ3) is 4.19. The predicted octanol–water partition coefficient (Wildman–Crippen LogP) is 5.04. The summed E-state index contributed by atoms with van der Waals surface area (Å²) in [4.78, 5) is 1.45. The van der Waals surface area contributed by atoms with Gasteiger partial charge in [-0.2, -0.15) is 0 Å². The molecule has 1 aromatic carbocycles. The number of nitrogens with one attached hydrogen (secondary N) is 1. The van der Waals surface area contributed by atoms with E-state index in [2.05, 4.69) is 61.8 Å². The summed E-state index contributed by atoms with van der Waals surface area (Å²) in [6.45, 7) is 7.69. The summed E-state index contributed by atoms with van der Waals surface area (Å²) in [6, 6.07) is 11.7. The largest absolute Gasteiger partial charge is 0.310 e. The second-order valence-electron chi connectivity index (χ2n) is 5.46. The lowest BCUT2D eigenvalue weighted by Gasteiger charge is -2.19. The maximum Gasteiger partial charge on any atom is 0.0334 e. The van der Waals surface area contributed by atoms with Gasteiger partial charge in [-0.3, -0.25) is 0 Å². The number of hydrogen-bond donors (Lipinski definition) is 1. The monoisotopic (exact) mass is 287 g/mol. The minimum absolute atomic E-state index is 0.488. The van der Waals surface area contributed by atoms with Crippen LogP contribution in [0.1, 0.15) is 47.4 Å². The van der Waals surface area contributed by atoms with Gasteiger partial charge < -0.3 is 5.32 Å². The van der Waals surface area contributed by atoms with E-state index in [4.69, 9.17) is 0 Å². The lowest BCUT2D eigenvalue weighted by Crippen LogP contribution is -2.22. The molecule has 1 heterocycles. The van der Waals surface area contributed by atoms with Crippen molar-refractivity contribution >= 4 is 11.3 Å². The van der Waals surface area contributed by atoms with Crippen molar-refractivity contribution in [3.05, 3.63) is 57.3 Å². The van der Waals surface area contributed by atoms with E-state index >= 15 is 0 Å². The molecule has 1 nitrogen and oxygen atoms in total. The molecule has 108 valence electrons. The van der Waals surface area contributed by atoms with Crippen molar-refractivity contribution in [2.45, 2.75) is 46.1 Å². The van der Waals surface area contributed by atoms with E-state index in [9.17, 15) is 0 Å². The molecule has 1 aromatic heterocycles. The summed E-state index contributed by atoms with van der Waals surface area (Å²) in [5, 5.41) is 5.91. The molecule has 0 amide bonds. The Morgan fingerprint density at radius 1 is 1.10 bits per heavy atom. The lowest BCUT2D eigenvalue weighted by molar-refractivity contribution is 0.499. The van der Waals surface area contributed by atoms with Gasteiger partial charge in [0.05, 0.1) is 0 Å². The van der Waals surface area contributed by atoms with Gasteiger partial charge in [0.2, 0.25) is 0 Å². The van der Waals surface area contributed by atoms with Gasteiger partial charge in [-0.1, -0.05) is 36.8 Å². The summed E-state index contributed by atoms with van der Waals surface area (Å²) in [6.07, 6.45) is 3.49. The predicted molar refractivity (Wildman–Crippen MR) is 89.6 cm³/mol. The molecule has 0 aliphatic carbocycles. The van der Waals surface area contributed by atoms with Gasteiger partial charge in [-0.15, -0.1) is 11.3 Å². The molecule has 1 N–H and O–H groups in total. The molecule has 0 saturated carbocycles. The minimum Gasteiger partial charge on any atom is -0.310 e. The molecule has 0 fully saturated rings. The van der Waals surface area contributed by atoms with Crippen LogP contribution >= 0.6 is 11.3 Å². The number of rotatable bonds is 7. The van der Waals surface area contributed by atoms with Crippen LogP contribution < -0.4 is 5.32 Å². The number of thiophene rings is 1. The normalized spacial score (nSPS) is 12.6. The molecule has 2 heteroatoms. The molecule has 0 radical (unpaired) electrons. The third-order valence-corrected chi connectivity index (χ3v) is 4.62. The first-order valence-corrected chi connectivity index (χ1v) is 8.41. The van der Waals surface area contributed by atoms with E-state index in [-0.39, 0.29) is 0 Å². The fraction of sp³-hybridized carbons (Fsp3) is 0.444. The molecule has 0 aliphatic rings. The smallest absolute Gasteiger partial charge is 0.0334 e. The quantitative estimate of drug-likeness (QED) is 0.752. The summed E-state index contributed by atoms with van der Waals surface area (Å²) in [5.74, 6) is 0. The fourth-order valence-electron chi connectivity index (χ4n) is 2.51. The van der Waals surface area contributed by atoms with Crippen LogP contribution in [0.15, 0.2) is 35.7 Å². The highest BCUT2D eigenvalue weighted by Crippen LogP contribution is 2.26. The summed E-state index contributed by atoms with van der Waals surface area (Å²) < 4.78 is 0. The van der Waals surface area contributed by atoms with Crippen molar-refractivity contribution in [1.82, 2.24) is 5.32 Å². The molecule has 20 heavy (non-hydrogen) atoms. The maximum absolute atomic E-state index is 3.70. The maximum atomic E-state index is 3.70. The second kappa shape index (κ2) is 7.61. The zero-order valence-electron chi connectivity index (χ0n) is 12.8. The standard InChI is InChI=1S/C18H25NS/c1-4-12-19-18(17-11-13-20-15(17)3)10-9-16-7-5-14(2)6-8-16/h5-8,11,13,18-19H,4,9-10,12H2,1-3H3. The molecule has 0 aliphatic heterocycles. The Morgan fingerprint density at radius 3 is 2.45 bits per heavy atom. The van der Waals surface area contributed by atoms with Gasteiger partial charge in [0.15, 0.2) is 0 Å². The van der Waals surface area contributed by atoms with Crippen molar-refractivity contribution in [3.8, 4) is 0 Å². The van der Waals surface area contributed by atoms with Gasteiger partial charge in [0, 0.05) is 10.9 Å². The average molecular weight is 287 g/mol. The van der Waals surface area contributed by atoms with Crippen LogP contribution in [-0.4, -0.2) is 6.54 Å². The van der Waals surface area contributed by atoms with E-state index in [0.717, 1.165) is 13.0 Å². The Morgan fingerprint density at radius 2 is 1.85 bits per heavy atom. The fourth-order valence-corrected chi connectivity index (χ4v) is 3.27. The number of benzene rings is 1. The van der Waals surface area contributed by atoms with Crippen LogP contribution in [0.3, 0.4) is 0 Å². The molecule has 0 saturated heterocycles. The molecule has 0 bridgehead atoms. The first-order valence-electron chi connectivity index (χ1n) is 7.53. The van der Waals surface area contributed by atoms with Gasteiger partial charge in [-0.05, 0) is 62.2 Å². The zero-order chi connectivity index (χ0) is 14.4. The van der Waals surface area contributed by atoms with Crippen molar-refractivity contribution in [2.75, 3.05) is 6.54 Å². The average Bonchev–Trinajstić information content (AvgIpc) is 2.87. The summed E-state index contributed by atoms with van der Waals surface area (Å²) in [7, 11) is 0. The van der Waals surface area contributed by atoms with Crippen LogP contribution in [-0.2, 0) is 6.42 Å². The van der Waals surface area contributed by atoms with E-state index in [0.29, 0.717) is 6.04 Å². The van der Waals surface area contributed by atoms with Gasteiger partial charge in [0.25, 0.3) is 0 Å². The first-order chi connectivity index (χ1) is 9.70. The lowest BCUT2D eigenvalue weighted by atomic mass is 9.99. The Kier molecular flexibility index (Phi) is 5.81. The second-order valence-corrected chi connectivity index (χ2v) is 6.58. The van der Waals surface area contributed by atoms with E-state index in [1.807, 2.05) is 11.3 Å². The zero-order valence-corrected chi connectivity index (χ0v) is 13.6. The molecule has 2 rings (SSSR count). The van der Waals surface area contributed by atoms with E-state index in [1.165, 1.54) is 34.4 Å². The highest BCUT2D eigenvalue weighted by molar-refractivity contribution is 7.10. The minimum atomic E-state index is 0.488. The molecule has 1 atom stereocenters. The van der Waals surface area contributed by atoms with Crippen LogP contribution in [0.5, 0.6) is 0 Å². The molecule has 1 unspecified atom stereocenters. The van der Waals surface area contributed by atoms with Crippen molar-refractivity contribution in [2.24, 2.45) is 0 Å². The Balaban J connectivity index is 2.01. The van der Waals surface area contributed by atoms with Crippen molar-refractivity contribution < 1.29 is 0 Å². The SMILES string of the molecule is CCCNC(CCc1ccc(C)cc1)c1ccsc1C. The van der Waals surface area contributed by atoms with Crippen molar-refractivity contribution in [1.29, 1.82) is 0 Å². The van der Waals surface area contributed by atoms with E-state index < -0.39 is 0 Å². The van der Waals surface area contributed by atoms with Crippen LogP contribution in [0.4, 0.5) is 0 Å². The van der Waals surface area contributed by atoms with Crippen LogP contribution in [0.25, 0.3) is 0 Å². The van der Waals surface area contributed by atoms with Crippen molar-refractivity contribution in [3.63, 3.8) is 0 Å². The first kappa shape index (κ1) is 15.3. The number of aryl methyl sites for hydroxylation is 3. The van der Waals surface area contributed by atoms with Gasteiger partial charge in [0.1, 0.15) is 0 Å². The van der Waals surface area contributed by atoms with Gasteiger partial charge >= 0.3 is 0 Å². The highest BCUT2D eigenvalue weighted by atomic mass is 32.1. The van der Waals surface area contributed by atoms with E-state index in [1.54, 1.807) is 0 Å². The molecular formula is C18H25NS. The molecule has 0 spiro atoms.